The summed E-state index contributed by atoms with van der Waals surface area (Å²) in [5, 5.41) is 12.8. The maximum atomic E-state index is 9.51. The van der Waals surface area contributed by atoms with Crippen LogP contribution in [-0.4, -0.2) is 24.5 Å². The van der Waals surface area contributed by atoms with Crippen molar-refractivity contribution in [3.8, 4) is 17.3 Å². The standard InChI is InChI=1S/C21H20N8/c1-12-15(11-22)20(28-21(23)26-12)25-13(2)19-14(16-6-4-5-8-24-16)10-18-17(27-19)7-9-29(18)3/h4-10,13H,1-3H3,(H3,23,25,26,28)/t13-/m0/s1. The molecule has 0 aromatic carbocycles. The highest BCUT2D eigenvalue weighted by atomic mass is 15.1. The van der Waals surface area contributed by atoms with Crippen LogP contribution in [0.4, 0.5) is 11.8 Å². The first-order valence-corrected chi connectivity index (χ1v) is 9.16. The summed E-state index contributed by atoms with van der Waals surface area (Å²) in [6.07, 6.45) is 3.73. The van der Waals surface area contributed by atoms with Gasteiger partial charge in [0.25, 0.3) is 0 Å². The molecular weight excluding hydrogens is 364 g/mol. The highest BCUT2D eigenvalue weighted by molar-refractivity contribution is 5.82. The number of nitrogens with zero attached hydrogens (tertiary/aromatic N) is 6. The molecule has 0 aliphatic rings. The lowest BCUT2D eigenvalue weighted by atomic mass is 10.0. The van der Waals surface area contributed by atoms with Gasteiger partial charge in [-0.1, -0.05) is 6.07 Å². The van der Waals surface area contributed by atoms with Crippen LogP contribution in [0.5, 0.6) is 0 Å². The number of hydrogen-bond acceptors (Lipinski definition) is 7. The van der Waals surface area contributed by atoms with Crippen molar-refractivity contribution in [3.63, 3.8) is 0 Å². The summed E-state index contributed by atoms with van der Waals surface area (Å²) < 4.78 is 2.03. The van der Waals surface area contributed by atoms with Crippen molar-refractivity contribution in [2.45, 2.75) is 19.9 Å². The normalized spacial score (nSPS) is 11.9. The predicted molar refractivity (Wildman–Crippen MR) is 112 cm³/mol. The Morgan fingerprint density at radius 1 is 1.21 bits per heavy atom. The molecule has 0 amide bonds. The van der Waals surface area contributed by atoms with E-state index in [2.05, 4.69) is 32.4 Å². The lowest BCUT2D eigenvalue weighted by Gasteiger charge is -2.19. The van der Waals surface area contributed by atoms with E-state index in [0.29, 0.717) is 17.1 Å². The van der Waals surface area contributed by atoms with Crippen molar-refractivity contribution in [1.82, 2.24) is 24.5 Å². The monoisotopic (exact) mass is 384 g/mol. The molecule has 4 heterocycles. The van der Waals surface area contributed by atoms with E-state index in [0.717, 1.165) is 28.0 Å². The third-order valence-corrected chi connectivity index (χ3v) is 4.82. The molecule has 0 saturated heterocycles. The Labute approximate surface area is 168 Å². The van der Waals surface area contributed by atoms with Gasteiger partial charge < -0.3 is 15.6 Å². The van der Waals surface area contributed by atoms with Gasteiger partial charge in [0.2, 0.25) is 5.95 Å². The maximum absolute atomic E-state index is 9.51. The molecule has 0 fully saturated rings. The molecule has 0 saturated carbocycles. The molecule has 8 nitrogen and oxygen atoms in total. The van der Waals surface area contributed by atoms with Crippen molar-refractivity contribution < 1.29 is 0 Å². The van der Waals surface area contributed by atoms with Crippen molar-refractivity contribution in [2.75, 3.05) is 11.1 Å². The molecule has 0 aliphatic heterocycles. The first kappa shape index (κ1) is 18.4. The molecule has 3 N–H and O–H groups in total. The Morgan fingerprint density at radius 3 is 2.76 bits per heavy atom. The minimum Gasteiger partial charge on any atom is -0.368 e. The van der Waals surface area contributed by atoms with Crippen molar-refractivity contribution in [1.29, 1.82) is 5.26 Å². The maximum Gasteiger partial charge on any atom is 0.222 e. The van der Waals surface area contributed by atoms with E-state index < -0.39 is 0 Å². The Balaban J connectivity index is 1.84. The first-order valence-electron chi connectivity index (χ1n) is 9.16. The summed E-state index contributed by atoms with van der Waals surface area (Å²) >= 11 is 0. The minimum atomic E-state index is -0.252. The molecule has 0 bridgehead atoms. The molecule has 144 valence electrons. The summed E-state index contributed by atoms with van der Waals surface area (Å²) in [4.78, 5) is 17.7. The molecule has 4 aromatic heterocycles. The second kappa shape index (κ2) is 7.20. The Hall–Kier alpha value is -3.99. The molecule has 0 radical (unpaired) electrons. The number of hydrogen-bond donors (Lipinski definition) is 2. The summed E-state index contributed by atoms with van der Waals surface area (Å²) in [6.45, 7) is 3.71. The predicted octanol–water partition coefficient (Wildman–Crippen LogP) is 3.36. The van der Waals surface area contributed by atoms with E-state index >= 15 is 0 Å². The SMILES string of the molecule is Cc1nc(N)nc(N[C@@H](C)c2nc3ccn(C)c3cc2-c2ccccn2)c1C#N. The number of pyridine rings is 2. The van der Waals surface area contributed by atoms with Gasteiger partial charge >= 0.3 is 0 Å². The summed E-state index contributed by atoms with van der Waals surface area (Å²) in [7, 11) is 1.99. The largest absolute Gasteiger partial charge is 0.368 e. The van der Waals surface area contributed by atoms with Gasteiger partial charge in [-0.05, 0) is 38.1 Å². The van der Waals surface area contributed by atoms with Crippen LogP contribution in [0.3, 0.4) is 0 Å². The van der Waals surface area contributed by atoms with Crippen LogP contribution in [0.1, 0.15) is 29.9 Å². The van der Waals surface area contributed by atoms with Crippen molar-refractivity contribution in [3.05, 3.63) is 59.7 Å². The number of aryl methyl sites for hydroxylation is 2. The fourth-order valence-electron chi connectivity index (χ4n) is 3.36. The number of fused-ring (bicyclic) bond motifs is 1. The third kappa shape index (κ3) is 3.34. The number of rotatable bonds is 4. The van der Waals surface area contributed by atoms with E-state index in [1.54, 1.807) is 13.1 Å². The number of nitrogens with two attached hydrogens (primary N) is 1. The van der Waals surface area contributed by atoms with Gasteiger partial charge in [0, 0.05) is 25.0 Å². The van der Waals surface area contributed by atoms with Crippen molar-refractivity contribution >= 4 is 22.8 Å². The first-order chi connectivity index (χ1) is 14.0. The second-order valence-corrected chi connectivity index (χ2v) is 6.84. The van der Waals surface area contributed by atoms with Gasteiger partial charge in [0.15, 0.2) is 0 Å². The molecule has 29 heavy (non-hydrogen) atoms. The lowest BCUT2D eigenvalue weighted by Crippen LogP contribution is -2.14. The summed E-state index contributed by atoms with van der Waals surface area (Å²) in [5.41, 5.74) is 11.1. The smallest absolute Gasteiger partial charge is 0.222 e. The van der Waals surface area contributed by atoms with E-state index in [1.807, 2.05) is 49.0 Å². The number of nitriles is 1. The number of nitrogen functional groups attached to an aromatic ring is 1. The average Bonchev–Trinajstić information content (AvgIpc) is 3.07. The van der Waals surface area contributed by atoms with Gasteiger partial charge in [0.1, 0.15) is 17.5 Å². The fourth-order valence-corrected chi connectivity index (χ4v) is 3.36. The average molecular weight is 384 g/mol. The fraction of sp³-hybridized carbons (Fsp3) is 0.190. The third-order valence-electron chi connectivity index (χ3n) is 4.82. The zero-order chi connectivity index (χ0) is 20.5. The van der Waals surface area contributed by atoms with E-state index in [9.17, 15) is 5.26 Å². The van der Waals surface area contributed by atoms with Gasteiger partial charge in [-0.2, -0.15) is 10.2 Å². The van der Waals surface area contributed by atoms with E-state index in [4.69, 9.17) is 10.7 Å². The summed E-state index contributed by atoms with van der Waals surface area (Å²) in [6, 6.07) is 11.7. The molecule has 4 aromatic rings. The number of nitrogens with one attached hydrogen (secondary N) is 1. The number of anilines is 2. The molecule has 0 unspecified atom stereocenters. The molecular formula is C21H20N8. The van der Waals surface area contributed by atoms with Crippen LogP contribution in [0.2, 0.25) is 0 Å². The van der Waals surface area contributed by atoms with Crippen LogP contribution >= 0.6 is 0 Å². The van der Waals surface area contributed by atoms with E-state index in [1.165, 1.54) is 0 Å². The number of aromatic nitrogens is 5. The van der Waals surface area contributed by atoms with Crippen LogP contribution in [0, 0.1) is 18.3 Å². The molecule has 1 atom stereocenters. The Kier molecular flexibility index (Phi) is 4.56. The van der Waals surface area contributed by atoms with Crippen LogP contribution in [0.15, 0.2) is 42.7 Å². The Morgan fingerprint density at radius 2 is 2.03 bits per heavy atom. The summed E-state index contributed by atoms with van der Waals surface area (Å²) in [5.74, 6) is 0.513. The zero-order valence-electron chi connectivity index (χ0n) is 16.4. The minimum absolute atomic E-state index is 0.118. The van der Waals surface area contributed by atoms with Crippen molar-refractivity contribution in [2.24, 2.45) is 7.05 Å². The quantitative estimate of drug-likeness (QED) is 0.554. The highest BCUT2D eigenvalue weighted by Crippen LogP contribution is 2.31. The van der Waals surface area contributed by atoms with Crippen LogP contribution < -0.4 is 11.1 Å². The highest BCUT2D eigenvalue weighted by Gasteiger charge is 2.20. The Bertz CT molecular complexity index is 1240. The van der Waals surface area contributed by atoms with Gasteiger partial charge in [-0.15, -0.1) is 0 Å². The topological polar surface area (TPSA) is 118 Å². The van der Waals surface area contributed by atoms with Gasteiger partial charge in [0.05, 0.1) is 34.2 Å². The molecule has 0 spiro atoms. The molecule has 8 heteroatoms. The molecule has 0 aliphatic carbocycles. The van der Waals surface area contributed by atoms with Gasteiger partial charge in [-0.3, -0.25) is 4.98 Å². The van der Waals surface area contributed by atoms with Crippen LogP contribution in [0.25, 0.3) is 22.3 Å². The van der Waals surface area contributed by atoms with E-state index in [-0.39, 0.29) is 12.0 Å². The lowest BCUT2D eigenvalue weighted by molar-refractivity contribution is 0.836. The second-order valence-electron chi connectivity index (χ2n) is 6.84. The van der Waals surface area contributed by atoms with Crippen LogP contribution in [-0.2, 0) is 7.05 Å². The molecule has 4 rings (SSSR count). The zero-order valence-corrected chi connectivity index (χ0v) is 16.4. The van der Waals surface area contributed by atoms with Gasteiger partial charge in [-0.25, -0.2) is 9.97 Å².